The molecule has 0 heterocycles. The van der Waals surface area contributed by atoms with Crippen LogP contribution in [-0.2, 0) is 24.3 Å². The molecule has 0 spiro atoms. The standard InChI is InChI=1S/C9H19NO5S/c1-4-10(6-5-9(11)15-3)16(12,13)8-7-14-2/h4-8H2,1-3H3. The number of carbonyl (C=O) groups is 1. The van der Waals surface area contributed by atoms with Crippen LogP contribution in [0.25, 0.3) is 0 Å². The number of methoxy groups -OCH3 is 2. The van der Waals surface area contributed by atoms with Gasteiger partial charge in [0, 0.05) is 20.2 Å². The first kappa shape index (κ1) is 15.3. The molecule has 16 heavy (non-hydrogen) atoms. The second-order valence-corrected chi connectivity index (χ2v) is 5.22. The van der Waals surface area contributed by atoms with Crippen molar-refractivity contribution in [2.45, 2.75) is 13.3 Å². The molecule has 0 amide bonds. The highest BCUT2D eigenvalue weighted by Crippen LogP contribution is 2.03. The highest BCUT2D eigenvalue weighted by molar-refractivity contribution is 7.89. The summed E-state index contributed by atoms with van der Waals surface area (Å²) in [5.41, 5.74) is 0. The second-order valence-electron chi connectivity index (χ2n) is 3.13. The molecule has 0 aromatic carbocycles. The zero-order valence-electron chi connectivity index (χ0n) is 9.93. The summed E-state index contributed by atoms with van der Waals surface area (Å²) in [7, 11) is -0.617. The lowest BCUT2D eigenvalue weighted by Crippen LogP contribution is -2.35. The van der Waals surface area contributed by atoms with Gasteiger partial charge in [-0.05, 0) is 0 Å². The van der Waals surface area contributed by atoms with E-state index in [1.165, 1.54) is 18.5 Å². The van der Waals surface area contributed by atoms with E-state index in [1.54, 1.807) is 6.92 Å². The Morgan fingerprint density at radius 3 is 2.38 bits per heavy atom. The number of hydrogen-bond donors (Lipinski definition) is 0. The number of carbonyl (C=O) groups excluding carboxylic acids is 1. The predicted molar refractivity (Wildman–Crippen MR) is 59.5 cm³/mol. The average Bonchev–Trinajstić information content (AvgIpc) is 2.26. The molecule has 6 nitrogen and oxygen atoms in total. The Bertz CT molecular complexity index is 301. The monoisotopic (exact) mass is 253 g/mol. The second kappa shape index (κ2) is 7.59. The fourth-order valence-electron chi connectivity index (χ4n) is 1.13. The van der Waals surface area contributed by atoms with Crippen molar-refractivity contribution in [3.63, 3.8) is 0 Å². The summed E-state index contributed by atoms with van der Waals surface area (Å²) in [6, 6.07) is 0. The first-order valence-electron chi connectivity index (χ1n) is 5.01. The smallest absolute Gasteiger partial charge is 0.306 e. The fourth-order valence-corrected chi connectivity index (χ4v) is 2.53. The number of ether oxygens (including phenoxy) is 2. The molecule has 0 aliphatic rings. The summed E-state index contributed by atoms with van der Waals surface area (Å²) < 4.78 is 33.9. The molecule has 0 saturated carbocycles. The SMILES string of the molecule is CCN(CCC(=O)OC)S(=O)(=O)CCOC. The van der Waals surface area contributed by atoms with Gasteiger partial charge in [0.05, 0.1) is 25.9 Å². The maximum Gasteiger partial charge on any atom is 0.306 e. The van der Waals surface area contributed by atoms with Gasteiger partial charge in [0.25, 0.3) is 0 Å². The summed E-state index contributed by atoms with van der Waals surface area (Å²) in [6.07, 6.45) is 0.0660. The van der Waals surface area contributed by atoms with Crippen LogP contribution in [0.15, 0.2) is 0 Å². The maximum absolute atomic E-state index is 11.7. The van der Waals surface area contributed by atoms with E-state index >= 15 is 0 Å². The average molecular weight is 253 g/mol. The molecule has 0 rings (SSSR count). The van der Waals surface area contributed by atoms with Crippen LogP contribution in [-0.4, -0.2) is 58.4 Å². The molecule has 0 unspecified atom stereocenters. The van der Waals surface area contributed by atoms with E-state index in [-0.39, 0.29) is 25.3 Å². The maximum atomic E-state index is 11.7. The minimum atomic E-state index is -3.34. The Kier molecular flexibility index (Phi) is 7.27. The molecular weight excluding hydrogens is 234 g/mol. The van der Waals surface area contributed by atoms with Gasteiger partial charge in [-0.1, -0.05) is 6.92 Å². The number of rotatable bonds is 8. The van der Waals surface area contributed by atoms with Crippen LogP contribution in [0.1, 0.15) is 13.3 Å². The lowest BCUT2D eigenvalue weighted by atomic mass is 10.4. The molecule has 7 heteroatoms. The third kappa shape index (κ3) is 5.43. The van der Waals surface area contributed by atoms with Gasteiger partial charge < -0.3 is 9.47 Å². The molecule has 0 N–H and O–H groups in total. The third-order valence-electron chi connectivity index (χ3n) is 2.08. The Balaban J connectivity index is 4.31. The van der Waals surface area contributed by atoms with Crippen LogP contribution in [0.5, 0.6) is 0 Å². The van der Waals surface area contributed by atoms with Gasteiger partial charge in [0.2, 0.25) is 10.0 Å². The molecule has 0 aromatic heterocycles. The largest absolute Gasteiger partial charge is 0.469 e. The quantitative estimate of drug-likeness (QED) is 0.562. The summed E-state index contributed by atoms with van der Waals surface area (Å²) in [5.74, 6) is -0.487. The Morgan fingerprint density at radius 1 is 1.31 bits per heavy atom. The van der Waals surface area contributed by atoms with Crippen molar-refractivity contribution in [2.24, 2.45) is 0 Å². The van der Waals surface area contributed by atoms with Gasteiger partial charge in [0.15, 0.2) is 0 Å². The minimum Gasteiger partial charge on any atom is -0.469 e. The van der Waals surface area contributed by atoms with Crippen LogP contribution in [0.2, 0.25) is 0 Å². The highest BCUT2D eigenvalue weighted by Gasteiger charge is 2.20. The molecule has 0 fully saturated rings. The Hall–Kier alpha value is -0.660. The Labute approximate surface area is 96.6 Å². The fraction of sp³-hybridized carbons (Fsp3) is 0.889. The van der Waals surface area contributed by atoms with E-state index in [1.807, 2.05) is 0 Å². The van der Waals surface area contributed by atoms with Crippen molar-refractivity contribution >= 4 is 16.0 Å². The highest BCUT2D eigenvalue weighted by atomic mass is 32.2. The first-order valence-corrected chi connectivity index (χ1v) is 6.62. The van der Waals surface area contributed by atoms with Crippen molar-refractivity contribution < 1.29 is 22.7 Å². The van der Waals surface area contributed by atoms with Crippen molar-refractivity contribution in [2.75, 3.05) is 39.7 Å². The van der Waals surface area contributed by atoms with Crippen LogP contribution < -0.4 is 0 Å². The van der Waals surface area contributed by atoms with E-state index in [9.17, 15) is 13.2 Å². The zero-order chi connectivity index (χ0) is 12.6. The summed E-state index contributed by atoms with van der Waals surface area (Å²) in [4.78, 5) is 10.9. The van der Waals surface area contributed by atoms with Gasteiger partial charge in [-0.25, -0.2) is 12.7 Å². The van der Waals surface area contributed by atoms with Crippen molar-refractivity contribution in [1.29, 1.82) is 0 Å². The molecule has 0 saturated heterocycles. The van der Waals surface area contributed by atoms with Gasteiger partial charge >= 0.3 is 5.97 Å². The summed E-state index contributed by atoms with van der Waals surface area (Å²) in [5, 5.41) is 0. The molecule has 0 bridgehead atoms. The molecule has 96 valence electrons. The van der Waals surface area contributed by atoms with Crippen LogP contribution in [0.3, 0.4) is 0 Å². The molecule has 0 radical (unpaired) electrons. The minimum absolute atomic E-state index is 0.0660. The normalized spacial score (nSPS) is 11.8. The van der Waals surface area contributed by atoms with Crippen molar-refractivity contribution in [1.82, 2.24) is 4.31 Å². The molecule has 0 atom stereocenters. The van der Waals surface area contributed by atoms with Crippen molar-refractivity contribution in [3.8, 4) is 0 Å². The number of nitrogens with zero attached hydrogens (tertiary/aromatic N) is 1. The van der Waals surface area contributed by atoms with E-state index in [4.69, 9.17) is 4.74 Å². The van der Waals surface area contributed by atoms with Gasteiger partial charge in [0.1, 0.15) is 0 Å². The van der Waals surface area contributed by atoms with E-state index in [0.29, 0.717) is 6.54 Å². The lowest BCUT2D eigenvalue weighted by molar-refractivity contribution is -0.140. The van der Waals surface area contributed by atoms with E-state index in [2.05, 4.69) is 4.74 Å². The topological polar surface area (TPSA) is 72.9 Å². The lowest BCUT2D eigenvalue weighted by Gasteiger charge is -2.19. The van der Waals surface area contributed by atoms with E-state index in [0.717, 1.165) is 0 Å². The van der Waals surface area contributed by atoms with Gasteiger partial charge in [-0.15, -0.1) is 0 Å². The van der Waals surface area contributed by atoms with Crippen LogP contribution in [0.4, 0.5) is 0 Å². The zero-order valence-corrected chi connectivity index (χ0v) is 10.7. The molecular formula is C9H19NO5S. The van der Waals surface area contributed by atoms with Crippen LogP contribution in [0, 0.1) is 0 Å². The summed E-state index contributed by atoms with van der Waals surface area (Å²) >= 11 is 0. The molecule has 0 aliphatic carbocycles. The third-order valence-corrected chi connectivity index (χ3v) is 3.99. The van der Waals surface area contributed by atoms with E-state index < -0.39 is 16.0 Å². The van der Waals surface area contributed by atoms with Crippen molar-refractivity contribution in [3.05, 3.63) is 0 Å². The molecule has 0 aliphatic heterocycles. The first-order chi connectivity index (χ1) is 7.47. The molecule has 0 aromatic rings. The van der Waals surface area contributed by atoms with Gasteiger partial charge in [-0.2, -0.15) is 0 Å². The Morgan fingerprint density at radius 2 is 1.94 bits per heavy atom. The summed E-state index contributed by atoms with van der Waals surface area (Å²) in [6.45, 7) is 2.36. The predicted octanol–water partition coefficient (Wildman–Crippen LogP) is -0.152. The van der Waals surface area contributed by atoms with Gasteiger partial charge in [-0.3, -0.25) is 4.79 Å². The van der Waals surface area contributed by atoms with Crippen LogP contribution >= 0.6 is 0 Å². The number of sulfonamides is 1. The number of hydrogen-bond acceptors (Lipinski definition) is 5. The number of esters is 1.